The summed E-state index contributed by atoms with van der Waals surface area (Å²) in [6.45, 7) is 1.51. The second-order valence-electron chi connectivity index (χ2n) is 5.58. The van der Waals surface area contributed by atoms with Gasteiger partial charge in [-0.05, 0) is 31.2 Å². The van der Waals surface area contributed by atoms with E-state index in [-0.39, 0.29) is 34.7 Å². The molecule has 0 aliphatic heterocycles. The van der Waals surface area contributed by atoms with E-state index in [0.717, 1.165) is 11.3 Å². The molecule has 144 valence electrons. The van der Waals surface area contributed by atoms with Crippen molar-refractivity contribution < 1.29 is 23.6 Å². The van der Waals surface area contributed by atoms with Gasteiger partial charge in [0.2, 0.25) is 0 Å². The molecule has 2 aromatic carbocycles. The molecule has 0 saturated heterocycles. The molecule has 10 heteroatoms. The minimum atomic E-state index is -0.667. The Bertz CT molecular complexity index is 1130. The fourth-order valence-electron chi connectivity index (χ4n) is 2.53. The van der Waals surface area contributed by atoms with Crippen molar-refractivity contribution in [2.24, 2.45) is 4.99 Å². The summed E-state index contributed by atoms with van der Waals surface area (Å²) < 4.78 is 21.0. The summed E-state index contributed by atoms with van der Waals surface area (Å²) in [5.41, 5.74) is 0.125. The number of rotatable bonds is 5. The average molecular weight is 403 g/mol. The smallest absolute Gasteiger partial charge is 0.326 e. The maximum absolute atomic E-state index is 14.3. The predicted octanol–water partition coefficient (Wildman–Crippen LogP) is 3.05. The number of fused-ring (bicyclic) bond motifs is 1. The van der Waals surface area contributed by atoms with Crippen molar-refractivity contribution in [3.63, 3.8) is 0 Å². The van der Waals surface area contributed by atoms with Gasteiger partial charge >= 0.3 is 5.97 Å². The van der Waals surface area contributed by atoms with Gasteiger partial charge in [-0.15, -0.1) is 0 Å². The van der Waals surface area contributed by atoms with Crippen LogP contribution in [0.1, 0.15) is 17.3 Å². The predicted molar refractivity (Wildman–Crippen MR) is 99.4 cm³/mol. The van der Waals surface area contributed by atoms with Gasteiger partial charge in [0.05, 0.1) is 21.7 Å². The third kappa shape index (κ3) is 3.96. The number of benzene rings is 2. The van der Waals surface area contributed by atoms with Crippen LogP contribution in [0.3, 0.4) is 0 Å². The van der Waals surface area contributed by atoms with Gasteiger partial charge in [-0.1, -0.05) is 17.4 Å². The second kappa shape index (κ2) is 8.09. The summed E-state index contributed by atoms with van der Waals surface area (Å²) in [6, 6.07) is 9.38. The topological polar surface area (TPSA) is 104 Å². The first-order valence-electron chi connectivity index (χ1n) is 8.17. The Hall–Kier alpha value is -3.40. The molecule has 0 aliphatic rings. The Labute approximate surface area is 161 Å². The number of carbonyl (C=O) groups excluding carboxylic acids is 2. The van der Waals surface area contributed by atoms with Crippen LogP contribution in [0.25, 0.3) is 10.2 Å². The van der Waals surface area contributed by atoms with E-state index >= 15 is 0 Å². The number of thiazole rings is 1. The molecule has 0 unspecified atom stereocenters. The van der Waals surface area contributed by atoms with Gasteiger partial charge in [-0.25, -0.2) is 4.39 Å². The average Bonchev–Trinajstić information content (AvgIpc) is 3.00. The van der Waals surface area contributed by atoms with E-state index in [2.05, 4.69) is 4.99 Å². The lowest BCUT2D eigenvalue weighted by Crippen LogP contribution is -2.23. The lowest BCUT2D eigenvalue weighted by molar-refractivity contribution is -0.384. The maximum atomic E-state index is 14.3. The zero-order chi connectivity index (χ0) is 20.3. The minimum absolute atomic E-state index is 0.122. The van der Waals surface area contributed by atoms with E-state index in [1.807, 2.05) is 0 Å². The molecule has 3 aromatic rings. The normalized spacial score (nSPS) is 11.6. The third-order valence-corrected chi connectivity index (χ3v) is 4.81. The fraction of sp³-hybridized carbons (Fsp3) is 0.167. The number of nitro benzene ring substituents is 1. The Morgan fingerprint density at radius 1 is 1.25 bits per heavy atom. The summed E-state index contributed by atoms with van der Waals surface area (Å²) in [5, 5.41) is 10.7. The van der Waals surface area contributed by atoms with Gasteiger partial charge in [0.1, 0.15) is 12.4 Å². The molecule has 0 saturated carbocycles. The molecule has 1 heterocycles. The number of hydrogen-bond acceptors (Lipinski definition) is 6. The molecule has 1 amide bonds. The van der Waals surface area contributed by atoms with Gasteiger partial charge in [-0.3, -0.25) is 19.7 Å². The Morgan fingerprint density at radius 3 is 2.61 bits per heavy atom. The molecule has 0 spiro atoms. The van der Waals surface area contributed by atoms with Crippen LogP contribution >= 0.6 is 11.3 Å². The monoisotopic (exact) mass is 403 g/mol. The number of nitro groups is 1. The molecule has 0 radical (unpaired) electrons. The SMILES string of the molecule is CCOC(=O)Cn1c(=NC(=O)c2ccc([N+](=O)[O-])cc2)sc2cccc(F)c21. The summed E-state index contributed by atoms with van der Waals surface area (Å²) in [6.07, 6.45) is 0. The van der Waals surface area contributed by atoms with Gasteiger partial charge in [0.15, 0.2) is 4.80 Å². The Balaban J connectivity index is 2.07. The van der Waals surface area contributed by atoms with Crippen molar-refractivity contribution in [1.29, 1.82) is 0 Å². The van der Waals surface area contributed by atoms with Crippen LogP contribution < -0.4 is 4.80 Å². The summed E-state index contributed by atoms with van der Waals surface area (Å²) in [4.78, 5) is 38.7. The molecule has 1 aromatic heterocycles. The van der Waals surface area contributed by atoms with Crippen molar-refractivity contribution in [2.75, 3.05) is 6.61 Å². The molecule has 0 aliphatic carbocycles. The molecule has 28 heavy (non-hydrogen) atoms. The van der Waals surface area contributed by atoms with Crippen LogP contribution in [0, 0.1) is 15.9 Å². The van der Waals surface area contributed by atoms with E-state index in [1.54, 1.807) is 13.0 Å². The number of hydrogen-bond donors (Lipinski definition) is 0. The summed E-state index contributed by atoms with van der Waals surface area (Å²) in [7, 11) is 0. The van der Waals surface area contributed by atoms with Crippen LogP contribution in [-0.2, 0) is 16.1 Å². The van der Waals surface area contributed by atoms with Crippen molar-refractivity contribution in [2.45, 2.75) is 13.5 Å². The molecule has 0 N–H and O–H groups in total. The molecule has 0 bridgehead atoms. The first-order valence-corrected chi connectivity index (χ1v) is 8.99. The first kappa shape index (κ1) is 19.4. The third-order valence-electron chi connectivity index (χ3n) is 3.77. The van der Waals surface area contributed by atoms with Crippen LogP contribution in [-0.4, -0.2) is 28.0 Å². The zero-order valence-corrected chi connectivity index (χ0v) is 15.4. The zero-order valence-electron chi connectivity index (χ0n) is 14.6. The highest BCUT2D eigenvalue weighted by Crippen LogP contribution is 2.21. The quantitative estimate of drug-likeness (QED) is 0.370. The molecule has 0 fully saturated rings. The van der Waals surface area contributed by atoms with Gasteiger partial charge in [0.25, 0.3) is 11.6 Å². The number of ether oxygens (including phenoxy) is 1. The Kier molecular flexibility index (Phi) is 5.59. The van der Waals surface area contributed by atoms with Crippen LogP contribution in [0.4, 0.5) is 10.1 Å². The molecule has 3 rings (SSSR count). The number of halogens is 1. The molecule has 8 nitrogen and oxygen atoms in total. The summed E-state index contributed by atoms with van der Waals surface area (Å²) in [5.74, 6) is -1.81. The van der Waals surface area contributed by atoms with Crippen molar-refractivity contribution in [1.82, 2.24) is 4.57 Å². The minimum Gasteiger partial charge on any atom is -0.465 e. The maximum Gasteiger partial charge on any atom is 0.326 e. The van der Waals surface area contributed by atoms with E-state index in [9.17, 15) is 24.1 Å². The highest BCUT2D eigenvalue weighted by atomic mass is 32.1. The largest absolute Gasteiger partial charge is 0.465 e. The van der Waals surface area contributed by atoms with E-state index in [4.69, 9.17) is 4.74 Å². The van der Waals surface area contributed by atoms with Gasteiger partial charge < -0.3 is 9.30 Å². The van der Waals surface area contributed by atoms with Gasteiger partial charge in [-0.2, -0.15) is 4.99 Å². The second-order valence-corrected chi connectivity index (χ2v) is 6.59. The Morgan fingerprint density at radius 2 is 1.96 bits per heavy atom. The summed E-state index contributed by atoms with van der Waals surface area (Å²) >= 11 is 1.05. The number of nitrogens with zero attached hydrogens (tertiary/aromatic N) is 3. The van der Waals surface area contributed by atoms with Crippen LogP contribution in [0.2, 0.25) is 0 Å². The van der Waals surface area contributed by atoms with Crippen molar-refractivity contribution in [3.8, 4) is 0 Å². The number of non-ortho nitro benzene ring substituents is 1. The lowest BCUT2D eigenvalue weighted by atomic mass is 10.2. The highest BCUT2D eigenvalue weighted by Gasteiger charge is 2.16. The van der Waals surface area contributed by atoms with Crippen molar-refractivity contribution in [3.05, 3.63) is 68.8 Å². The number of amides is 1. The van der Waals surface area contributed by atoms with E-state index in [1.165, 1.54) is 41.0 Å². The number of esters is 1. The molecular formula is C18H14FN3O5S. The van der Waals surface area contributed by atoms with Gasteiger partial charge in [0, 0.05) is 17.7 Å². The number of aromatic nitrogens is 1. The highest BCUT2D eigenvalue weighted by molar-refractivity contribution is 7.16. The van der Waals surface area contributed by atoms with Crippen LogP contribution in [0.15, 0.2) is 47.5 Å². The number of para-hydroxylation sites is 1. The van der Waals surface area contributed by atoms with Crippen LogP contribution in [0.5, 0.6) is 0 Å². The molecular weight excluding hydrogens is 389 g/mol. The molecule has 0 atom stereocenters. The fourth-order valence-corrected chi connectivity index (χ4v) is 3.57. The van der Waals surface area contributed by atoms with E-state index in [0.29, 0.717) is 4.70 Å². The van der Waals surface area contributed by atoms with Crippen molar-refractivity contribution >= 4 is 39.1 Å². The number of carbonyl (C=O) groups is 2. The van der Waals surface area contributed by atoms with E-state index < -0.39 is 22.6 Å². The first-order chi connectivity index (χ1) is 13.4. The lowest BCUT2D eigenvalue weighted by Gasteiger charge is -2.05. The standard InChI is InChI=1S/C18H14FN3O5S/c1-2-27-15(23)10-21-16-13(19)4-3-5-14(16)28-18(21)20-17(24)11-6-8-12(9-7-11)22(25)26/h3-9H,2,10H2,1H3.